The van der Waals surface area contributed by atoms with E-state index in [4.69, 9.17) is 0 Å². The van der Waals surface area contributed by atoms with Gasteiger partial charge in [-0.1, -0.05) is 30.0 Å². The van der Waals surface area contributed by atoms with Crippen LogP contribution in [0.5, 0.6) is 0 Å². The number of amides is 1. The highest BCUT2D eigenvalue weighted by Gasteiger charge is 2.28. The first-order valence-corrected chi connectivity index (χ1v) is 11.2. The minimum absolute atomic E-state index is 0.205. The molecule has 1 N–H and O–H groups in total. The Balaban J connectivity index is 1.73. The molecule has 3 aromatic rings. The summed E-state index contributed by atoms with van der Waals surface area (Å²) in [5, 5.41) is 2.75. The van der Waals surface area contributed by atoms with Crippen molar-refractivity contribution in [2.75, 3.05) is 12.3 Å². The number of benzene rings is 1. The van der Waals surface area contributed by atoms with E-state index in [-0.39, 0.29) is 11.3 Å². The highest BCUT2D eigenvalue weighted by Crippen LogP contribution is 2.35. The molecule has 30 heavy (non-hydrogen) atoms. The summed E-state index contributed by atoms with van der Waals surface area (Å²) in [6.45, 7) is -1.39. The molecule has 0 fully saturated rings. The first kappa shape index (κ1) is 20.9. The van der Waals surface area contributed by atoms with Gasteiger partial charge in [0.1, 0.15) is 11.4 Å². The summed E-state index contributed by atoms with van der Waals surface area (Å²) in [5.74, 6) is -1.04. The molecular weight excluding hydrogens is 435 g/mol. The summed E-state index contributed by atoms with van der Waals surface area (Å²) in [7, 11) is 0. The smallest absolute Gasteiger partial charge is 0.346 e. The summed E-state index contributed by atoms with van der Waals surface area (Å²) in [5.41, 5.74) is 1.46. The van der Waals surface area contributed by atoms with E-state index in [0.29, 0.717) is 21.1 Å². The number of rotatable bonds is 5. The fraction of sp³-hybridized carbons (Fsp3) is 0.350. The SMILES string of the molecule is O=C(CSc1nc2sc3c(c2c(=O)n1-c1ccccc1)CCCC3)NCC(F)(F)F. The van der Waals surface area contributed by atoms with Crippen molar-refractivity contribution in [2.24, 2.45) is 0 Å². The van der Waals surface area contributed by atoms with Gasteiger partial charge in [-0.3, -0.25) is 14.2 Å². The Morgan fingerprint density at radius 1 is 1.20 bits per heavy atom. The maximum Gasteiger partial charge on any atom is 0.405 e. The Morgan fingerprint density at radius 3 is 2.67 bits per heavy atom. The van der Waals surface area contributed by atoms with Crippen LogP contribution in [0.15, 0.2) is 40.3 Å². The molecule has 0 saturated carbocycles. The van der Waals surface area contributed by atoms with Gasteiger partial charge in [0, 0.05) is 4.88 Å². The molecule has 0 radical (unpaired) electrons. The lowest BCUT2D eigenvalue weighted by atomic mass is 9.97. The lowest BCUT2D eigenvalue weighted by molar-refractivity contribution is -0.136. The van der Waals surface area contributed by atoms with E-state index >= 15 is 0 Å². The predicted octanol–water partition coefficient (Wildman–Crippen LogP) is 4.10. The molecule has 2 aromatic heterocycles. The number of nitrogens with zero attached hydrogens (tertiary/aromatic N) is 2. The van der Waals surface area contributed by atoms with E-state index in [0.717, 1.165) is 43.0 Å². The van der Waals surface area contributed by atoms with Crippen LogP contribution in [-0.2, 0) is 17.6 Å². The van der Waals surface area contributed by atoms with Crippen LogP contribution in [0.2, 0.25) is 0 Å². The van der Waals surface area contributed by atoms with Crippen molar-refractivity contribution < 1.29 is 18.0 Å². The molecule has 4 rings (SSSR count). The van der Waals surface area contributed by atoms with Gasteiger partial charge in [0.2, 0.25) is 5.91 Å². The average molecular weight is 454 g/mol. The molecule has 0 aliphatic heterocycles. The van der Waals surface area contributed by atoms with E-state index in [1.54, 1.807) is 24.3 Å². The van der Waals surface area contributed by atoms with Crippen LogP contribution in [0.3, 0.4) is 0 Å². The topological polar surface area (TPSA) is 64.0 Å². The van der Waals surface area contributed by atoms with Gasteiger partial charge in [0.15, 0.2) is 5.16 Å². The fourth-order valence-corrected chi connectivity index (χ4v) is 5.61. The molecule has 1 aromatic carbocycles. The molecule has 1 amide bonds. The summed E-state index contributed by atoms with van der Waals surface area (Å²) < 4.78 is 38.4. The number of carbonyl (C=O) groups is 1. The van der Waals surface area contributed by atoms with Crippen LogP contribution in [0.4, 0.5) is 13.2 Å². The third-order valence-electron chi connectivity index (χ3n) is 4.79. The van der Waals surface area contributed by atoms with Gasteiger partial charge in [0.05, 0.1) is 16.8 Å². The minimum Gasteiger partial charge on any atom is -0.346 e. The molecule has 0 saturated heterocycles. The number of thiophene rings is 1. The van der Waals surface area contributed by atoms with Crippen LogP contribution in [0, 0.1) is 0 Å². The third-order valence-corrected chi connectivity index (χ3v) is 6.92. The molecule has 10 heteroatoms. The van der Waals surface area contributed by atoms with Crippen molar-refractivity contribution in [3.05, 3.63) is 51.1 Å². The van der Waals surface area contributed by atoms with Crippen molar-refractivity contribution in [1.82, 2.24) is 14.9 Å². The van der Waals surface area contributed by atoms with E-state index in [1.165, 1.54) is 20.8 Å². The van der Waals surface area contributed by atoms with Crippen molar-refractivity contribution >= 4 is 39.2 Å². The quantitative estimate of drug-likeness (QED) is 0.467. The number of para-hydroxylation sites is 1. The van der Waals surface area contributed by atoms with Crippen LogP contribution in [-0.4, -0.2) is 33.9 Å². The lowest BCUT2D eigenvalue weighted by Crippen LogP contribution is -2.35. The largest absolute Gasteiger partial charge is 0.405 e. The van der Waals surface area contributed by atoms with Crippen LogP contribution >= 0.6 is 23.1 Å². The Morgan fingerprint density at radius 2 is 1.93 bits per heavy atom. The number of fused-ring (bicyclic) bond motifs is 3. The number of hydrogen-bond acceptors (Lipinski definition) is 5. The van der Waals surface area contributed by atoms with Gasteiger partial charge in [-0.15, -0.1) is 11.3 Å². The average Bonchev–Trinajstić information content (AvgIpc) is 3.09. The number of aryl methyl sites for hydroxylation is 2. The maximum absolute atomic E-state index is 13.5. The van der Waals surface area contributed by atoms with Crippen molar-refractivity contribution in [2.45, 2.75) is 37.0 Å². The Labute approximate surface area is 178 Å². The first-order chi connectivity index (χ1) is 14.3. The zero-order valence-electron chi connectivity index (χ0n) is 15.8. The number of nitrogens with one attached hydrogen (secondary N) is 1. The van der Waals surface area contributed by atoms with Gasteiger partial charge in [-0.2, -0.15) is 13.2 Å². The standard InChI is InChI=1S/C20H18F3N3O2S2/c21-20(22,23)11-24-15(27)10-29-19-25-17-16(13-8-4-5-9-14(13)30-17)18(28)26(19)12-6-2-1-3-7-12/h1-3,6-7H,4-5,8-11H2,(H,24,27). The van der Waals surface area contributed by atoms with Crippen LogP contribution < -0.4 is 10.9 Å². The number of carbonyl (C=O) groups excluding carboxylic acids is 1. The second kappa shape index (κ2) is 8.43. The molecule has 1 aliphatic carbocycles. The molecule has 0 spiro atoms. The number of aromatic nitrogens is 2. The monoisotopic (exact) mass is 453 g/mol. The predicted molar refractivity (Wildman–Crippen MR) is 112 cm³/mol. The number of thioether (sulfide) groups is 1. The molecule has 0 atom stereocenters. The normalized spacial score (nSPS) is 14.0. The summed E-state index contributed by atoms with van der Waals surface area (Å²) in [6, 6.07) is 8.94. The molecular formula is C20H18F3N3O2S2. The van der Waals surface area contributed by atoms with Crippen molar-refractivity contribution in [1.29, 1.82) is 0 Å². The summed E-state index contributed by atoms with van der Waals surface area (Å²) >= 11 is 2.45. The Bertz CT molecular complexity index is 1140. The second-order valence-corrected chi connectivity index (χ2v) is 8.97. The zero-order chi connectivity index (χ0) is 21.3. The molecule has 1 aliphatic rings. The minimum atomic E-state index is -4.47. The Hall–Kier alpha value is -2.33. The summed E-state index contributed by atoms with van der Waals surface area (Å²) in [4.78, 5) is 31.8. The van der Waals surface area contributed by atoms with Gasteiger partial charge in [-0.25, -0.2) is 4.98 Å². The van der Waals surface area contributed by atoms with E-state index in [9.17, 15) is 22.8 Å². The highest BCUT2D eigenvalue weighted by atomic mass is 32.2. The second-order valence-electron chi connectivity index (χ2n) is 6.94. The van der Waals surface area contributed by atoms with Gasteiger partial charge in [0.25, 0.3) is 5.56 Å². The maximum atomic E-state index is 13.5. The highest BCUT2D eigenvalue weighted by molar-refractivity contribution is 7.99. The fourth-order valence-electron chi connectivity index (χ4n) is 3.47. The molecule has 0 unspecified atom stereocenters. The number of hydrogen-bond donors (Lipinski definition) is 1. The van der Waals surface area contributed by atoms with E-state index in [2.05, 4.69) is 4.98 Å². The van der Waals surface area contributed by atoms with Gasteiger partial charge < -0.3 is 5.32 Å². The van der Waals surface area contributed by atoms with E-state index in [1.807, 2.05) is 11.4 Å². The zero-order valence-corrected chi connectivity index (χ0v) is 17.4. The first-order valence-electron chi connectivity index (χ1n) is 9.42. The van der Waals surface area contributed by atoms with Gasteiger partial charge in [-0.05, 0) is 43.4 Å². The van der Waals surface area contributed by atoms with Crippen molar-refractivity contribution in [3.63, 3.8) is 0 Å². The third kappa shape index (κ3) is 4.39. The molecule has 2 heterocycles. The summed E-state index contributed by atoms with van der Waals surface area (Å²) in [6.07, 6.45) is -0.607. The van der Waals surface area contributed by atoms with E-state index < -0.39 is 18.6 Å². The molecule has 0 bridgehead atoms. The van der Waals surface area contributed by atoms with Crippen LogP contribution in [0.1, 0.15) is 23.3 Å². The number of halogens is 3. The number of alkyl halides is 3. The van der Waals surface area contributed by atoms with Crippen LogP contribution in [0.25, 0.3) is 15.9 Å². The van der Waals surface area contributed by atoms with Crippen molar-refractivity contribution in [3.8, 4) is 5.69 Å². The Kier molecular flexibility index (Phi) is 5.88. The molecule has 158 valence electrons. The molecule has 5 nitrogen and oxygen atoms in total. The van der Waals surface area contributed by atoms with Gasteiger partial charge >= 0.3 is 6.18 Å². The lowest BCUT2D eigenvalue weighted by Gasteiger charge is -2.14.